The molecule has 2 amide bonds. The molecule has 1 saturated heterocycles. The second-order valence-corrected chi connectivity index (χ2v) is 8.71. The fourth-order valence-corrected chi connectivity index (χ4v) is 3.80. The molecule has 1 aliphatic rings. The van der Waals surface area contributed by atoms with Crippen molar-refractivity contribution in [1.29, 1.82) is 0 Å². The molecule has 0 N–H and O–H groups in total. The summed E-state index contributed by atoms with van der Waals surface area (Å²) in [4.78, 5) is 29.3. The second kappa shape index (κ2) is 12.6. The summed E-state index contributed by atoms with van der Waals surface area (Å²) in [6, 6.07) is 0.224. The Balaban J connectivity index is 2.59. The van der Waals surface area contributed by atoms with Gasteiger partial charge in [0, 0.05) is 50.4 Å². The SMILES string of the molecule is CCCCC(C)C(=O)N1CCC(N(CCOC)C(=O)CC(C)SC)CC1. The highest BCUT2D eigenvalue weighted by Crippen LogP contribution is 2.22. The minimum absolute atomic E-state index is 0.111. The van der Waals surface area contributed by atoms with Crippen LogP contribution < -0.4 is 0 Å². The molecule has 5 nitrogen and oxygen atoms in total. The summed E-state index contributed by atoms with van der Waals surface area (Å²) in [5.74, 6) is 0.604. The summed E-state index contributed by atoms with van der Waals surface area (Å²) in [7, 11) is 1.67. The molecule has 152 valence electrons. The molecule has 26 heavy (non-hydrogen) atoms. The molecule has 0 aromatic rings. The van der Waals surface area contributed by atoms with Gasteiger partial charge in [-0.05, 0) is 25.5 Å². The zero-order valence-corrected chi connectivity index (χ0v) is 18.1. The lowest BCUT2D eigenvalue weighted by Crippen LogP contribution is -2.50. The number of methoxy groups -OCH3 is 1. The number of hydrogen-bond donors (Lipinski definition) is 0. The third-order valence-corrected chi connectivity index (χ3v) is 6.32. The predicted octanol–water partition coefficient (Wildman–Crippen LogP) is 3.42. The highest BCUT2D eigenvalue weighted by atomic mass is 32.2. The molecule has 1 fully saturated rings. The van der Waals surface area contributed by atoms with E-state index in [1.807, 2.05) is 23.0 Å². The van der Waals surface area contributed by atoms with Crippen LogP contribution in [0.1, 0.15) is 59.3 Å². The van der Waals surface area contributed by atoms with E-state index in [1.54, 1.807) is 18.9 Å². The Hall–Kier alpha value is -0.750. The van der Waals surface area contributed by atoms with Gasteiger partial charge in [0.15, 0.2) is 0 Å². The molecule has 1 rings (SSSR count). The second-order valence-electron chi connectivity index (χ2n) is 7.43. The van der Waals surface area contributed by atoms with Gasteiger partial charge in [-0.2, -0.15) is 11.8 Å². The van der Waals surface area contributed by atoms with Crippen LogP contribution in [0.5, 0.6) is 0 Å². The smallest absolute Gasteiger partial charge is 0.225 e. The number of piperidine rings is 1. The van der Waals surface area contributed by atoms with Crippen molar-refractivity contribution in [3.63, 3.8) is 0 Å². The standard InChI is InChI=1S/C20H38N2O3S/c1-6-7-8-16(2)20(24)21-11-9-18(10-12-21)22(13-14-25-4)19(23)15-17(3)26-5/h16-18H,6-15H2,1-5H3. The van der Waals surface area contributed by atoms with Crippen LogP contribution in [0.4, 0.5) is 0 Å². The molecular weight excluding hydrogens is 348 g/mol. The quantitative estimate of drug-likeness (QED) is 0.546. The van der Waals surface area contributed by atoms with Crippen molar-refractivity contribution in [3.8, 4) is 0 Å². The Bertz CT molecular complexity index is 425. The first-order valence-corrected chi connectivity index (χ1v) is 11.3. The minimum atomic E-state index is 0.111. The number of likely N-dealkylation sites (tertiary alicyclic amines) is 1. The van der Waals surface area contributed by atoms with Gasteiger partial charge in [0.2, 0.25) is 11.8 Å². The summed E-state index contributed by atoms with van der Waals surface area (Å²) < 4.78 is 5.21. The van der Waals surface area contributed by atoms with Crippen molar-refractivity contribution in [2.45, 2.75) is 70.6 Å². The number of rotatable bonds is 11. The van der Waals surface area contributed by atoms with E-state index in [2.05, 4.69) is 13.8 Å². The number of amides is 2. The van der Waals surface area contributed by atoms with Crippen molar-refractivity contribution >= 4 is 23.6 Å². The maximum Gasteiger partial charge on any atom is 0.225 e. The summed E-state index contributed by atoms with van der Waals surface area (Å²) >= 11 is 1.72. The van der Waals surface area contributed by atoms with E-state index in [1.165, 1.54) is 0 Å². The molecule has 0 saturated carbocycles. The molecule has 0 aliphatic carbocycles. The summed E-state index contributed by atoms with van der Waals surface area (Å²) in [6.07, 6.45) is 7.56. The van der Waals surface area contributed by atoms with Crippen LogP contribution >= 0.6 is 11.8 Å². The Morgan fingerprint density at radius 2 is 1.92 bits per heavy atom. The van der Waals surface area contributed by atoms with Crippen LogP contribution in [0, 0.1) is 5.92 Å². The lowest BCUT2D eigenvalue weighted by Gasteiger charge is -2.39. The van der Waals surface area contributed by atoms with Crippen molar-refractivity contribution in [1.82, 2.24) is 9.80 Å². The molecule has 1 aliphatic heterocycles. The fourth-order valence-electron chi connectivity index (χ4n) is 3.49. The molecule has 0 aromatic heterocycles. The highest BCUT2D eigenvalue weighted by Gasteiger charge is 2.31. The van der Waals surface area contributed by atoms with Gasteiger partial charge in [-0.15, -0.1) is 0 Å². The van der Waals surface area contributed by atoms with Gasteiger partial charge in [-0.25, -0.2) is 0 Å². The monoisotopic (exact) mass is 386 g/mol. The van der Waals surface area contributed by atoms with E-state index >= 15 is 0 Å². The van der Waals surface area contributed by atoms with E-state index in [0.29, 0.717) is 24.8 Å². The van der Waals surface area contributed by atoms with Crippen LogP contribution in [-0.2, 0) is 14.3 Å². The molecule has 2 atom stereocenters. The van der Waals surface area contributed by atoms with Gasteiger partial charge < -0.3 is 14.5 Å². The molecule has 0 aromatic carbocycles. The highest BCUT2D eigenvalue weighted by molar-refractivity contribution is 7.99. The van der Waals surface area contributed by atoms with Crippen LogP contribution in [-0.4, -0.2) is 72.5 Å². The third-order valence-electron chi connectivity index (χ3n) is 5.35. The minimum Gasteiger partial charge on any atom is -0.383 e. The maximum atomic E-state index is 12.7. The molecule has 1 heterocycles. The fraction of sp³-hybridized carbons (Fsp3) is 0.900. The number of ether oxygens (including phenoxy) is 1. The normalized spacial score (nSPS) is 17.8. The van der Waals surface area contributed by atoms with E-state index < -0.39 is 0 Å². The first kappa shape index (κ1) is 23.3. The number of carbonyl (C=O) groups is 2. The number of hydrogen-bond acceptors (Lipinski definition) is 4. The van der Waals surface area contributed by atoms with E-state index in [9.17, 15) is 9.59 Å². The topological polar surface area (TPSA) is 49.9 Å². The molecular formula is C20H38N2O3S. The van der Waals surface area contributed by atoms with Crippen molar-refractivity contribution in [2.75, 3.05) is 39.6 Å². The van der Waals surface area contributed by atoms with Gasteiger partial charge in [0.25, 0.3) is 0 Å². The van der Waals surface area contributed by atoms with Crippen LogP contribution in [0.3, 0.4) is 0 Å². The van der Waals surface area contributed by atoms with Crippen LogP contribution in [0.15, 0.2) is 0 Å². The van der Waals surface area contributed by atoms with Crippen LogP contribution in [0.25, 0.3) is 0 Å². The lowest BCUT2D eigenvalue weighted by molar-refractivity contribution is -0.139. The Morgan fingerprint density at radius 1 is 1.27 bits per heavy atom. The van der Waals surface area contributed by atoms with E-state index in [4.69, 9.17) is 4.74 Å². The number of nitrogens with zero attached hydrogens (tertiary/aromatic N) is 2. The van der Waals surface area contributed by atoms with Crippen molar-refractivity contribution < 1.29 is 14.3 Å². The van der Waals surface area contributed by atoms with Gasteiger partial charge in [0.05, 0.1) is 6.61 Å². The predicted molar refractivity (Wildman–Crippen MR) is 109 cm³/mol. The average molecular weight is 387 g/mol. The summed E-state index contributed by atoms with van der Waals surface area (Å²) in [6.45, 7) is 9.02. The van der Waals surface area contributed by atoms with Crippen LogP contribution in [0.2, 0.25) is 0 Å². The molecule has 0 bridgehead atoms. The van der Waals surface area contributed by atoms with Gasteiger partial charge >= 0.3 is 0 Å². The lowest BCUT2D eigenvalue weighted by atomic mass is 9.98. The summed E-state index contributed by atoms with van der Waals surface area (Å²) in [5.41, 5.74) is 0. The van der Waals surface area contributed by atoms with E-state index in [0.717, 1.165) is 45.2 Å². The summed E-state index contributed by atoms with van der Waals surface area (Å²) in [5, 5.41) is 0.327. The average Bonchev–Trinajstić information content (AvgIpc) is 2.66. The largest absolute Gasteiger partial charge is 0.383 e. The van der Waals surface area contributed by atoms with Crippen molar-refractivity contribution in [3.05, 3.63) is 0 Å². The molecule has 0 radical (unpaired) electrons. The molecule has 6 heteroatoms. The Labute approximate surface area is 164 Å². The third kappa shape index (κ3) is 7.47. The zero-order valence-electron chi connectivity index (χ0n) is 17.3. The van der Waals surface area contributed by atoms with Gasteiger partial charge in [-0.1, -0.05) is 33.6 Å². The molecule has 2 unspecified atom stereocenters. The first-order chi connectivity index (χ1) is 12.4. The number of unbranched alkanes of at least 4 members (excludes halogenated alkanes) is 1. The zero-order chi connectivity index (χ0) is 19.5. The maximum absolute atomic E-state index is 12.7. The number of carbonyl (C=O) groups excluding carboxylic acids is 2. The Kier molecular flexibility index (Phi) is 11.3. The van der Waals surface area contributed by atoms with E-state index in [-0.39, 0.29) is 23.8 Å². The number of thioether (sulfide) groups is 1. The molecule has 0 spiro atoms. The first-order valence-electron chi connectivity index (χ1n) is 10.0. The Morgan fingerprint density at radius 3 is 2.46 bits per heavy atom. The van der Waals surface area contributed by atoms with Gasteiger partial charge in [-0.3, -0.25) is 9.59 Å². The van der Waals surface area contributed by atoms with Gasteiger partial charge in [0.1, 0.15) is 0 Å². The van der Waals surface area contributed by atoms with Crippen molar-refractivity contribution in [2.24, 2.45) is 5.92 Å².